The van der Waals surface area contributed by atoms with Gasteiger partial charge in [-0.05, 0) is 35.4 Å². The largest absolute Gasteiger partial charge is 0.341 e. The molecule has 0 spiro atoms. The van der Waals surface area contributed by atoms with Crippen molar-refractivity contribution in [3.8, 4) is 11.1 Å². The molecule has 6 N–H and O–H groups in total. The van der Waals surface area contributed by atoms with Crippen LogP contribution in [0, 0.1) is 0 Å². The first-order valence-corrected chi connectivity index (χ1v) is 7.14. The lowest BCUT2D eigenvalue weighted by atomic mass is 10.0. The zero-order valence-electron chi connectivity index (χ0n) is 11.9. The molecule has 0 fully saturated rings. The third kappa shape index (κ3) is 2.05. The molecule has 0 aliphatic carbocycles. The van der Waals surface area contributed by atoms with Crippen LogP contribution in [0.25, 0.3) is 33.2 Å². The van der Waals surface area contributed by atoms with Gasteiger partial charge in [0.25, 0.3) is 0 Å². The van der Waals surface area contributed by atoms with Crippen molar-refractivity contribution in [2.45, 2.75) is 13.1 Å². The predicted octanol–water partition coefficient (Wildman–Crippen LogP) is 2.02. The van der Waals surface area contributed by atoms with Gasteiger partial charge in [-0.3, -0.25) is 0 Å². The number of nitrogens with zero attached hydrogens (tertiary/aromatic N) is 2. The summed E-state index contributed by atoms with van der Waals surface area (Å²) in [7, 11) is 0. The number of nitrogens with one attached hydrogen (secondary N) is 2. The molecule has 6 heteroatoms. The second-order valence-corrected chi connectivity index (χ2v) is 5.24. The Morgan fingerprint density at radius 1 is 0.727 bits per heavy atom. The molecule has 0 radical (unpaired) electrons. The highest BCUT2D eigenvalue weighted by atomic mass is 14.9. The molecule has 4 aromatic rings. The minimum Gasteiger partial charge on any atom is -0.341 e. The van der Waals surface area contributed by atoms with Crippen LogP contribution < -0.4 is 11.5 Å². The first kappa shape index (κ1) is 13.0. The molecular formula is C16H16N6. The van der Waals surface area contributed by atoms with Crippen molar-refractivity contribution in [2.24, 2.45) is 11.5 Å². The van der Waals surface area contributed by atoms with Gasteiger partial charge in [0.1, 0.15) is 11.6 Å². The van der Waals surface area contributed by atoms with E-state index in [2.05, 4.69) is 44.2 Å². The van der Waals surface area contributed by atoms with Crippen LogP contribution in [-0.4, -0.2) is 19.9 Å². The number of aromatic nitrogens is 4. The molecule has 0 amide bonds. The van der Waals surface area contributed by atoms with E-state index in [1.165, 1.54) is 0 Å². The zero-order valence-corrected chi connectivity index (χ0v) is 11.9. The van der Waals surface area contributed by atoms with Crippen molar-refractivity contribution >= 4 is 22.1 Å². The second kappa shape index (κ2) is 4.94. The Morgan fingerprint density at radius 3 is 1.59 bits per heavy atom. The van der Waals surface area contributed by atoms with E-state index >= 15 is 0 Å². The third-order valence-electron chi connectivity index (χ3n) is 3.78. The highest BCUT2D eigenvalue weighted by Crippen LogP contribution is 2.26. The van der Waals surface area contributed by atoms with Crippen molar-refractivity contribution < 1.29 is 0 Å². The number of aromatic amines is 2. The number of imidazole rings is 2. The molecule has 2 aromatic heterocycles. The quantitative estimate of drug-likeness (QED) is 0.463. The maximum Gasteiger partial charge on any atom is 0.121 e. The molecule has 6 nitrogen and oxygen atoms in total. The Balaban J connectivity index is 1.82. The van der Waals surface area contributed by atoms with Crippen molar-refractivity contribution in [1.29, 1.82) is 0 Å². The molecule has 2 aromatic carbocycles. The maximum atomic E-state index is 5.63. The Hall–Kier alpha value is -2.70. The van der Waals surface area contributed by atoms with Crippen LogP contribution in [0.15, 0.2) is 36.4 Å². The number of hydrogen-bond acceptors (Lipinski definition) is 4. The summed E-state index contributed by atoms with van der Waals surface area (Å²) < 4.78 is 0. The molecule has 0 atom stereocenters. The average Bonchev–Trinajstić information content (AvgIpc) is 3.16. The number of nitrogens with two attached hydrogens (primary N) is 2. The van der Waals surface area contributed by atoms with Crippen molar-refractivity contribution in [2.75, 3.05) is 0 Å². The minimum absolute atomic E-state index is 0.409. The number of hydrogen-bond donors (Lipinski definition) is 4. The lowest BCUT2D eigenvalue weighted by molar-refractivity contribution is 0.958. The molecular weight excluding hydrogens is 276 g/mol. The van der Waals surface area contributed by atoms with Crippen LogP contribution in [0.3, 0.4) is 0 Å². The summed E-state index contributed by atoms with van der Waals surface area (Å²) in [6.45, 7) is 0.817. The number of benzene rings is 2. The second-order valence-electron chi connectivity index (χ2n) is 5.24. The highest BCUT2D eigenvalue weighted by molar-refractivity contribution is 5.86. The van der Waals surface area contributed by atoms with Gasteiger partial charge < -0.3 is 21.4 Å². The van der Waals surface area contributed by atoms with Gasteiger partial charge in [-0.2, -0.15) is 0 Å². The zero-order chi connectivity index (χ0) is 15.1. The lowest BCUT2D eigenvalue weighted by Gasteiger charge is -2.01. The Morgan fingerprint density at radius 2 is 1.18 bits per heavy atom. The topological polar surface area (TPSA) is 109 Å². The van der Waals surface area contributed by atoms with E-state index in [-0.39, 0.29) is 0 Å². The summed E-state index contributed by atoms with van der Waals surface area (Å²) in [6.07, 6.45) is 0. The Kier molecular flexibility index (Phi) is 2.92. The SMILES string of the molecule is NCc1nc2ccc(-c3ccc4nc(CN)[nH]c4c3)cc2[nH]1. The third-order valence-corrected chi connectivity index (χ3v) is 3.78. The van der Waals surface area contributed by atoms with Crippen LogP contribution in [0.2, 0.25) is 0 Å². The van der Waals surface area contributed by atoms with Crippen LogP contribution in [0.4, 0.5) is 0 Å². The van der Waals surface area contributed by atoms with Gasteiger partial charge in [-0.1, -0.05) is 12.1 Å². The van der Waals surface area contributed by atoms with E-state index < -0.39 is 0 Å². The summed E-state index contributed by atoms with van der Waals surface area (Å²) in [6, 6.07) is 12.3. The molecule has 0 unspecified atom stereocenters. The highest BCUT2D eigenvalue weighted by Gasteiger charge is 2.07. The van der Waals surface area contributed by atoms with Crippen LogP contribution in [0.1, 0.15) is 11.6 Å². The first-order valence-electron chi connectivity index (χ1n) is 7.14. The smallest absolute Gasteiger partial charge is 0.121 e. The van der Waals surface area contributed by atoms with Gasteiger partial charge >= 0.3 is 0 Å². The fourth-order valence-electron chi connectivity index (χ4n) is 2.68. The number of rotatable bonds is 3. The van der Waals surface area contributed by atoms with Gasteiger partial charge in [-0.25, -0.2) is 9.97 Å². The Labute approximate surface area is 126 Å². The molecule has 22 heavy (non-hydrogen) atoms. The van der Waals surface area contributed by atoms with E-state index in [4.69, 9.17) is 11.5 Å². The van der Waals surface area contributed by atoms with Gasteiger partial charge in [0.05, 0.1) is 35.2 Å². The maximum absolute atomic E-state index is 5.63. The summed E-state index contributed by atoms with van der Waals surface area (Å²) in [5.74, 6) is 1.59. The molecule has 0 bridgehead atoms. The molecule has 2 heterocycles. The summed E-state index contributed by atoms with van der Waals surface area (Å²) >= 11 is 0. The summed E-state index contributed by atoms with van der Waals surface area (Å²) in [5, 5.41) is 0. The monoisotopic (exact) mass is 292 g/mol. The fourth-order valence-corrected chi connectivity index (χ4v) is 2.68. The summed E-state index contributed by atoms with van der Waals surface area (Å²) in [5.41, 5.74) is 17.3. The van der Waals surface area contributed by atoms with E-state index in [0.29, 0.717) is 13.1 Å². The van der Waals surface area contributed by atoms with Crippen LogP contribution >= 0.6 is 0 Å². The average molecular weight is 292 g/mol. The standard InChI is InChI=1S/C16H16N6/c17-7-15-19-11-3-1-9(5-13(11)21-15)10-2-4-12-14(6-10)22-16(8-18)20-12/h1-6H,7-8,17-18H2,(H,19,21)(H,20,22). The van der Waals surface area contributed by atoms with Gasteiger partial charge in [0, 0.05) is 0 Å². The lowest BCUT2D eigenvalue weighted by Crippen LogP contribution is -1.97. The van der Waals surface area contributed by atoms with Crippen molar-refractivity contribution in [3.05, 3.63) is 48.0 Å². The van der Waals surface area contributed by atoms with Crippen LogP contribution in [-0.2, 0) is 13.1 Å². The normalized spacial score (nSPS) is 11.5. The van der Waals surface area contributed by atoms with Gasteiger partial charge in [0.2, 0.25) is 0 Å². The van der Waals surface area contributed by atoms with E-state index in [0.717, 1.165) is 44.8 Å². The van der Waals surface area contributed by atoms with E-state index in [9.17, 15) is 0 Å². The van der Waals surface area contributed by atoms with Gasteiger partial charge in [0.15, 0.2) is 0 Å². The molecule has 0 saturated carbocycles. The summed E-state index contributed by atoms with van der Waals surface area (Å²) in [4.78, 5) is 15.3. The molecule has 0 aliphatic rings. The van der Waals surface area contributed by atoms with Gasteiger partial charge in [-0.15, -0.1) is 0 Å². The minimum atomic E-state index is 0.409. The number of fused-ring (bicyclic) bond motifs is 2. The number of H-pyrrole nitrogens is 2. The van der Waals surface area contributed by atoms with Crippen molar-refractivity contribution in [1.82, 2.24) is 19.9 Å². The van der Waals surface area contributed by atoms with Crippen LogP contribution in [0.5, 0.6) is 0 Å². The van der Waals surface area contributed by atoms with E-state index in [1.807, 2.05) is 12.1 Å². The fraction of sp³-hybridized carbons (Fsp3) is 0.125. The molecule has 0 aliphatic heterocycles. The predicted molar refractivity (Wildman–Crippen MR) is 87.0 cm³/mol. The Bertz CT molecular complexity index is 885. The molecule has 4 rings (SSSR count). The van der Waals surface area contributed by atoms with Crippen molar-refractivity contribution in [3.63, 3.8) is 0 Å². The first-order chi connectivity index (χ1) is 10.8. The van der Waals surface area contributed by atoms with E-state index in [1.54, 1.807) is 0 Å². The molecule has 0 saturated heterocycles. The molecule has 110 valence electrons.